The first-order valence-electron chi connectivity index (χ1n) is 10.1. The topological polar surface area (TPSA) is 76.9 Å². The Morgan fingerprint density at radius 1 is 1.00 bits per heavy atom. The molecule has 0 saturated heterocycles. The molecule has 0 atom stereocenters. The molecule has 0 amide bonds. The van der Waals surface area contributed by atoms with Gasteiger partial charge in [-0.25, -0.2) is 22.8 Å². The summed E-state index contributed by atoms with van der Waals surface area (Å²) in [5, 5.41) is 4.10. The standard InChI is InChI=1S/C22H26N4O2S/c27-29(28,22-11-9-21(10-12-22)20-7-2-1-3-8-20)25-14-18-5-4-6-19(13-18)15-26-17-23-16-24-26/h4-6,9-13,16-17,20,25H,1-3,7-8,14-15H2. The molecule has 0 aliphatic heterocycles. The molecule has 3 aromatic rings. The van der Waals surface area contributed by atoms with Crippen LogP contribution in [0.5, 0.6) is 0 Å². The van der Waals surface area contributed by atoms with Crippen molar-refractivity contribution in [2.24, 2.45) is 0 Å². The van der Waals surface area contributed by atoms with Crippen molar-refractivity contribution in [3.8, 4) is 0 Å². The second-order valence-corrected chi connectivity index (χ2v) is 9.41. The Morgan fingerprint density at radius 3 is 2.48 bits per heavy atom. The van der Waals surface area contributed by atoms with Gasteiger partial charge in [0, 0.05) is 6.54 Å². The zero-order valence-corrected chi connectivity index (χ0v) is 17.2. The molecule has 0 spiro atoms. The van der Waals surface area contributed by atoms with Gasteiger partial charge in [0.05, 0.1) is 11.4 Å². The molecule has 1 aliphatic rings. The Labute approximate surface area is 172 Å². The molecule has 29 heavy (non-hydrogen) atoms. The molecule has 4 rings (SSSR count). The van der Waals surface area contributed by atoms with Gasteiger partial charge in [0.15, 0.2) is 0 Å². The maximum Gasteiger partial charge on any atom is 0.240 e. The fraction of sp³-hybridized carbons (Fsp3) is 0.364. The summed E-state index contributed by atoms with van der Waals surface area (Å²) in [5.74, 6) is 0.571. The number of benzene rings is 2. The van der Waals surface area contributed by atoms with Crippen LogP contribution in [0.2, 0.25) is 0 Å². The van der Waals surface area contributed by atoms with Crippen LogP contribution in [-0.2, 0) is 23.1 Å². The minimum Gasteiger partial charge on any atom is -0.249 e. The summed E-state index contributed by atoms with van der Waals surface area (Å²) in [6.45, 7) is 0.848. The Bertz CT molecular complexity index is 1020. The average Bonchev–Trinajstić information content (AvgIpc) is 3.26. The Morgan fingerprint density at radius 2 is 1.76 bits per heavy atom. The molecule has 7 heteroatoms. The Balaban J connectivity index is 1.39. The third-order valence-corrected chi connectivity index (χ3v) is 6.95. The van der Waals surface area contributed by atoms with Gasteiger partial charge in [-0.3, -0.25) is 0 Å². The van der Waals surface area contributed by atoms with Crippen LogP contribution in [0.4, 0.5) is 0 Å². The molecule has 0 radical (unpaired) electrons. The van der Waals surface area contributed by atoms with Gasteiger partial charge in [-0.05, 0) is 47.6 Å². The highest BCUT2D eigenvalue weighted by atomic mass is 32.2. The van der Waals surface area contributed by atoms with Gasteiger partial charge in [0.1, 0.15) is 12.7 Å². The summed E-state index contributed by atoms with van der Waals surface area (Å²) in [5.41, 5.74) is 3.21. The van der Waals surface area contributed by atoms with E-state index in [0.29, 0.717) is 17.4 Å². The van der Waals surface area contributed by atoms with Crippen molar-refractivity contribution in [3.63, 3.8) is 0 Å². The zero-order chi connectivity index (χ0) is 20.1. The molecule has 0 unspecified atom stereocenters. The van der Waals surface area contributed by atoms with Crippen LogP contribution in [0.15, 0.2) is 66.1 Å². The summed E-state index contributed by atoms with van der Waals surface area (Å²) in [7, 11) is -3.55. The van der Waals surface area contributed by atoms with Crippen LogP contribution in [0.1, 0.15) is 54.7 Å². The first-order valence-corrected chi connectivity index (χ1v) is 11.6. The number of rotatable bonds is 7. The second-order valence-electron chi connectivity index (χ2n) is 7.64. The SMILES string of the molecule is O=S(=O)(NCc1cccc(Cn2cncn2)c1)c1ccc(C2CCCCC2)cc1. The third kappa shape index (κ3) is 5.10. The van der Waals surface area contributed by atoms with Gasteiger partial charge in [-0.15, -0.1) is 0 Å². The molecular weight excluding hydrogens is 384 g/mol. The fourth-order valence-corrected chi connectivity index (χ4v) is 4.97. The highest BCUT2D eigenvalue weighted by Gasteiger charge is 2.18. The monoisotopic (exact) mass is 410 g/mol. The minimum absolute atomic E-state index is 0.248. The smallest absolute Gasteiger partial charge is 0.240 e. The average molecular weight is 411 g/mol. The van der Waals surface area contributed by atoms with E-state index < -0.39 is 10.0 Å². The summed E-state index contributed by atoms with van der Waals surface area (Å²) >= 11 is 0. The van der Waals surface area contributed by atoms with Crippen molar-refractivity contribution < 1.29 is 8.42 Å². The van der Waals surface area contributed by atoms with Gasteiger partial charge in [0.2, 0.25) is 10.0 Å². The lowest BCUT2D eigenvalue weighted by molar-refractivity contribution is 0.443. The Hall–Kier alpha value is -2.51. The number of nitrogens with one attached hydrogen (secondary N) is 1. The van der Waals surface area contributed by atoms with Gasteiger partial charge in [0.25, 0.3) is 0 Å². The van der Waals surface area contributed by atoms with Crippen LogP contribution in [0.3, 0.4) is 0 Å². The molecule has 1 heterocycles. The molecule has 152 valence electrons. The van der Waals surface area contributed by atoms with Crippen molar-refractivity contribution in [1.29, 1.82) is 0 Å². The van der Waals surface area contributed by atoms with E-state index in [1.165, 1.54) is 44.0 Å². The highest BCUT2D eigenvalue weighted by Crippen LogP contribution is 2.32. The molecule has 1 aliphatic carbocycles. The molecular formula is C22H26N4O2S. The summed E-state index contributed by atoms with van der Waals surface area (Å²) in [6.07, 6.45) is 9.41. The number of sulfonamides is 1. The van der Waals surface area contributed by atoms with Crippen LogP contribution in [-0.4, -0.2) is 23.2 Å². The fourth-order valence-electron chi connectivity index (χ4n) is 3.96. The van der Waals surface area contributed by atoms with Crippen molar-refractivity contribution in [1.82, 2.24) is 19.5 Å². The van der Waals surface area contributed by atoms with Crippen LogP contribution >= 0.6 is 0 Å². The van der Waals surface area contributed by atoms with E-state index in [0.717, 1.165) is 11.1 Å². The lowest BCUT2D eigenvalue weighted by Gasteiger charge is -2.22. The van der Waals surface area contributed by atoms with Gasteiger partial charge in [-0.2, -0.15) is 5.10 Å². The maximum absolute atomic E-state index is 12.7. The van der Waals surface area contributed by atoms with Gasteiger partial charge in [-0.1, -0.05) is 55.7 Å². The second kappa shape index (κ2) is 8.88. The summed E-state index contributed by atoms with van der Waals surface area (Å²) in [4.78, 5) is 4.25. The summed E-state index contributed by atoms with van der Waals surface area (Å²) < 4.78 is 29.8. The number of hydrogen-bond donors (Lipinski definition) is 1. The largest absolute Gasteiger partial charge is 0.249 e. The van der Waals surface area contributed by atoms with Crippen molar-refractivity contribution in [2.45, 2.75) is 56.0 Å². The van der Waals surface area contributed by atoms with E-state index >= 15 is 0 Å². The first-order chi connectivity index (χ1) is 14.1. The predicted octanol–water partition coefficient (Wildman–Crippen LogP) is 3.85. The molecule has 1 fully saturated rings. The molecule has 2 aromatic carbocycles. The third-order valence-electron chi connectivity index (χ3n) is 5.54. The minimum atomic E-state index is -3.55. The van der Waals surface area contributed by atoms with Crippen molar-refractivity contribution in [2.75, 3.05) is 0 Å². The zero-order valence-electron chi connectivity index (χ0n) is 16.4. The van der Waals surface area contributed by atoms with E-state index in [-0.39, 0.29) is 6.54 Å². The summed E-state index contributed by atoms with van der Waals surface area (Å²) in [6, 6.07) is 15.2. The maximum atomic E-state index is 12.7. The van der Waals surface area contributed by atoms with Gasteiger partial charge < -0.3 is 0 Å². The van der Waals surface area contributed by atoms with E-state index in [1.54, 1.807) is 23.1 Å². The van der Waals surface area contributed by atoms with Crippen molar-refractivity contribution in [3.05, 3.63) is 77.9 Å². The van der Waals surface area contributed by atoms with Crippen molar-refractivity contribution >= 4 is 10.0 Å². The number of hydrogen-bond acceptors (Lipinski definition) is 4. The molecule has 1 saturated carbocycles. The quantitative estimate of drug-likeness (QED) is 0.642. The van der Waals surface area contributed by atoms with Gasteiger partial charge >= 0.3 is 0 Å². The molecule has 0 bridgehead atoms. The van der Waals surface area contributed by atoms with Crippen LogP contribution in [0.25, 0.3) is 0 Å². The first kappa shape index (κ1) is 19.8. The normalized spacial score (nSPS) is 15.4. The molecule has 1 aromatic heterocycles. The lowest BCUT2D eigenvalue weighted by atomic mass is 9.84. The number of nitrogens with zero attached hydrogens (tertiary/aromatic N) is 3. The highest BCUT2D eigenvalue weighted by molar-refractivity contribution is 7.89. The van der Waals surface area contributed by atoms with E-state index in [4.69, 9.17) is 0 Å². The lowest BCUT2D eigenvalue weighted by Crippen LogP contribution is -2.23. The molecule has 6 nitrogen and oxygen atoms in total. The number of aromatic nitrogens is 3. The van der Waals surface area contributed by atoms with E-state index in [9.17, 15) is 8.42 Å². The van der Waals surface area contributed by atoms with Crippen LogP contribution in [0, 0.1) is 0 Å². The van der Waals surface area contributed by atoms with Crippen LogP contribution < -0.4 is 4.72 Å². The van der Waals surface area contributed by atoms with E-state index in [2.05, 4.69) is 14.8 Å². The predicted molar refractivity (Wildman–Crippen MR) is 112 cm³/mol. The molecule has 1 N–H and O–H groups in total. The van der Waals surface area contributed by atoms with E-state index in [1.807, 2.05) is 36.4 Å². The Kier molecular flexibility index (Phi) is 6.06.